The molecule has 0 bridgehead atoms. The Morgan fingerprint density at radius 2 is 2.21 bits per heavy atom. The minimum Gasteiger partial charge on any atom is -0.316 e. The maximum atomic E-state index is 6.03. The van der Waals surface area contributed by atoms with Crippen LogP contribution in [-0.2, 0) is 6.54 Å². The first kappa shape index (κ1) is 11.3. The van der Waals surface area contributed by atoms with Crippen molar-refractivity contribution in [1.82, 2.24) is 15.1 Å². The van der Waals surface area contributed by atoms with Crippen LogP contribution >= 0.6 is 11.6 Å². The largest absolute Gasteiger partial charge is 0.316 e. The fraction of sp³-hybridized carbons (Fsp3) is 0.500. The van der Waals surface area contributed by atoms with E-state index in [1.54, 1.807) is 0 Å². The first-order valence-electron chi connectivity index (χ1n) is 4.57. The smallest absolute Gasteiger partial charge is 0.0844 e. The molecular weight excluding hydrogens is 198 g/mol. The number of aromatic nitrogens is 2. The van der Waals surface area contributed by atoms with Crippen molar-refractivity contribution in [2.75, 3.05) is 13.6 Å². The van der Waals surface area contributed by atoms with E-state index in [0.29, 0.717) is 0 Å². The Labute approximate surface area is 89.8 Å². The van der Waals surface area contributed by atoms with Gasteiger partial charge in [-0.2, -0.15) is 5.10 Å². The fourth-order valence-corrected chi connectivity index (χ4v) is 1.48. The van der Waals surface area contributed by atoms with Gasteiger partial charge < -0.3 is 5.32 Å². The zero-order valence-electron chi connectivity index (χ0n) is 8.89. The van der Waals surface area contributed by atoms with Gasteiger partial charge in [-0.1, -0.05) is 18.2 Å². The van der Waals surface area contributed by atoms with Crippen LogP contribution < -0.4 is 5.32 Å². The molecule has 0 unspecified atom stereocenters. The molecule has 0 saturated heterocycles. The standard InChI is InChI=1S/C10H16ClN3/c1-7(5-12-4)6-14-9(3)10(11)8(2)13-14/h12H,1,5-6H2,2-4H3. The highest BCUT2D eigenvalue weighted by molar-refractivity contribution is 6.31. The number of rotatable bonds is 4. The number of aryl methyl sites for hydroxylation is 1. The molecule has 0 aliphatic carbocycles. The number of nitrogens with one attached hydrogen (secondary N) is 1. The summed E-state index contributed by atoms with van der Waals surface area (Å²) in [4.78, 5) is 0. The van der Waals surface area contributed by atoms with Gasteiger partial charge in [0.1, 0.15) is 0 Å². The molecule has 1 aromatic heterocycles. The second-order valence-electron chi connectivity index (χ2n) is 3.42. The topological polar surface area (TPSA) is 29.9 Å². The van der Waals surface area contributed by atoms with E-state index in [1.807, 2.05) is 25.6 Å². The third-order valence-corrected chi connectivity index (χ3v) is 2.64. The van der Waals surface area contributed by atoms with Gasteiger partial charge in [0.05, 0.1) is 23.0 Å². The van der Waals surface area contributed by atoms with Crippen LogP contribution in [-0.4, -0.2) is 23.4 Å². The molecule has 0 spiro atoms. The molecule has 14 heavy (non-hydrogen) atoms. The Kier molecular flexibility index (Phi) is 3.72. The fourth-order valence-electron chi connectivity index (χ4n) is 1.35. The Hall–Kier alpha value is -0.800. The molecule has 0 amide bonds. The highest BCUT2D eigenvalue weighted by atomic mass is 35.5. The molecule has 0 radical (unpaired) electrons. The SMILES string of the molecule is C=C(CNC)Cn1nc(C)c(Cl)c1C. The predicted molar refractivity (Wildman–Crippen MR) is 59.8 cm³/mol. The van der Waals surface area contributed by atoms with E-state index in [4.69, 9.17) is 11.6 Å². The van der Waals surface area contributed by atoms with Crippen LogP contribution in [0.25, 0.3) is 0 Å². The second kappa shape index (κ2) is 4.62. The van der Waals surface area contributed by atoms with Crippen LogP contribution in [0.2, 0.25) is 5.02 Å². The molecular formula is C10H16ClN3. The normalized spacial score (nSPS) is 10.6. The van der Waals surface area contributed by atoms with Gasteiger partial charge in [0.15, 0.2) is 0 Å². The summed E-state index contributed by atoms with van der Waals surface area (Å²) in [5.74, 6) is 0. The van der Waals surface area contributed by atoms with E-state index in [1.165, 1.54) is 0 Å². The average Bonchev–Trinajstić information content (AvgIpc) is 2.34. The molecule has 0 aliphatic rings. The zero-order chi connectivity index (χ0) is 10.7. The van der Waals surface area contributed by atoms with Gasteiger partial charge in [0.2, 0.25) is 0 Å². The third kappa shape index (κ3) is 2.36. The van der Waals surface area contributed by atoms with Gasteiger partial charge in [-0.3, -0.25) is 4.68 Å². The molecule has 0 fully saturated rings. The summed E-state index contributed by atoms with van der Waals surface area (Å²) in [6, 6.07) is 0. The summed E-state index contributed by atoms with van der Waals surface area (Å²) >= 11 is 6.03. The van der Waals surface area contributed by atoms with Crippen LogP contribution in [0.15, 0.2) is 12.2 Å². The summed E-state index contributed by atoms with van der Waals surface area (Å²) in [6.45, 7) is 9.35. The van der Waals surface area contributed by atoms with E-state index in [9.17, 15) is 0 Å². The van der Waals surface area contributed by atoms with Crippen LogP contribution in [0.4, 0.5) is 0 Å². The first-order valence-corrected chi connectivity index (χ1v) is 4.94. The van der Waals surface area contributed by atoms with E-state index < -0.39 is 0 Å². The quantitative estimate of drug-likeness (QED) is 0.775. The van der Waals surface area contributed by atoms with Gasteiger partial charge in [-0.15, -0.1) is 0 Å². The van der Waals surface area contributed by atoms with Crippen molar-refractivity contribution < 1.29 is 0 Å². The molecule has 3 nitrogen and oxygen atoms in total. The Balaban J connectivity index is 2.77. The number of halogens is 1. The van der Waals surface area contributed by atoms with Crippen molar-refractivity contribution in [2.45, 2.75) is 20.4 Å². The van der Waals surface area contributed by atoms with Crippen LogP contribution in [0, 0.1) is 13.8 Å². The van der Waals surface area contributed by atoms with Gasteiger partial charge in [-0.25, -0.2) is 0 Å². The number of hydrogen-bond donors (Lipinski definition) is 1. The third-order valence-electron chi connectivity index (χ3n) is 2.09. The summed E-state index contributed by atoms with van der Waals surface area (Å²) in [6.07, 6.45) is 0. The molecule has 1 N–H and O–H groups in total. The monoisotopic (exact) mass is 213 g/mol. The Morgan fingerprint density at radius 3 is 2.64 bits per heavy atom. The Morgan fingerprint density at radius 1 is 1.57 bits per heavy atom. The highest BCUT2D eigenvalue weighted by Crippen LogP contribution is 2.19. The number of hydrogen-bond acceptors (Lipinski definition) is 2. The van der Waals surface area contributed by atoms with E-state index in [0.717, 1.165) is 35.1 Å². The highest BCUT2D eigenvalue weighted by Gasteiger charge is 2.08. The summed E-state index contributed by atoms with van der Waals surface area (Å²) in [5.41, 5.74) is 2.97. The van der Waals surface area contributed by atoms with Crippen molar-refractivity contribution in [2.24, 2.45) is 0 Å². The molecule has 0 aromatic carbocycles. The van der Waals surface area contributed by atoms with Crippen LogP contribution in [0.3, 0.4) is 0 Å². The lowest BCUT2D eigenvalue weighted by atomic mass is 10.3. The van der Waals surface area contributed by atoms with Crippen LogP contribution in [0.1, 0.15) is 11.4 Å². The lowest BCUT2D eigenvalue weighted by Gasteiger charge is -2.06. The van der Waals surface area contributed by atoms with Gasteiger partial charge >= 0.3 is 0 Å². The van der Waals surface area contributed by atoms with Crippen molar-refractivity contribution in [3.63, 3.8) is 0 Å². The predicted octanol–water partition coefficient (Wildman–Crippen LogP) is 1.93. The summed E-state index contributed by atoms with van der Waals surface area (Å²) in [7, 11) is 1.90. The molecule has 1 heterocycles. The molecule has 1 aromatic rings. The minimum atomic E-state index is 0.722. The van der Waals surface area contributed by atoms with E-state index in [2.05, 4.69) is 17.0 Å². The van der Waals surface area contributed by atoms with Gasteiger partial charge in [-0.05, 0) is 26.5 Å². The van der Waals surface area contributed by atoms with Crippen molar-refractivity contribution in [3.05, 3.63) is 28.6 Å². The molecule has 4 heteroatoms. The van der Waals surface area contributed by atoms with Crippen molar-refractivity contribution in [3.8, 4) is 0 Å². The number of nitrogens with zero attached hydrogens (tertiary/aromatic N) is 2. The minimum absolute atomic E-state index is 0.722. The van der Waals surface area contributed by atoms with Gasteiger partial charge in [0.25, 0.3) is 0 Å². The van der Waals surface area contributed by atoms with Crippen molar-refractivity contribution >= 4 is 11.6 Å². The molecule has 1 rings (SSSR count). The molecule has 0 saturated carbocycles. The number of likely N-dealkylation sites (N-methyl/N-ethyl adjacent to an activating group) is 1. The summed E-state index contributed by atoms with van der Waals surface area (Å²) < 4.78 is 1.89. The average molecular weight is 214 g/mol. The van der Waals surface area contributed by atoms with Gasteiger partial charge in [0, 0.05) is 6.54 Å². The lowest BCUT2D eigenvalue weighted by Crippen LogP contribution is -2.15. The first-order chi connectivity index (χ1) is 6.56. The van der Waals surface area contributed by atoms with E-state index in [-0.39, 0.29) is 0 Å². The van der Waals surface area contributed by atoms with Crippen LogP contribution in [0.5, 0.6) is 0 Å². The van der Waals surface area contributed by atoms with Crippen molar-refractivity contribution in [1.29, 1.82) is 0 Å². The maximum absolute atomic E-state index is 6.03. The molecule has 78 valence electrons. The molecule has 0 atom stereocenters. The summed E-state index contributed by atoms with van der Waals surface area (Å²) in [5, 5.41) is 8.14. The lowest BCUT2D eigenvalue weighted by molar-refractivity contribution is 0.634. The molecule has 0 aliphatic heterocycles. The zero-order valence-corrected chi connectivity index (χ0v) is 9.65. The van der Waals surface area contributed by atoms with E-state index >= 15 is 0 Å². The Bertz CT molecular complexity index is 341. The maximum Gasteiger partial charge on any atom is 0.0844 e. The second-order valence-corrected chi connectivity index (χ2v) is 3.80.